The van der Waals surface area contributed by atoms with E-state index < -0.39 is 29.6 Å². The van der Waals surface area contributed by atoms with Crippen LogP contribution in [0, 0.1) is 11.8 Å². The second-order valence-corrected chi connectivity index (χ2v) is 11.5. The Bertz CT molecular complexity index is 1050. The van der Waals surface area contributed by atoms with E-state index in [0.717, 1.165) is 18.4 Å². The molecule has 3 aliphatic rings. The van der Waals surface area contributed by atoms with Gasteiger partial charge in [-0.2, -0.15) is 0 Å². The first kappa shape index (κ1) is 28.5. The number of β-amino-alcohol motifs (C(OH)–C–C–N with tert-alkyl or cyclic N) is 1. The first-order valence-electron chi connectivity index (χ1n) is 13.4. The molecule has 1 aromatic rings. The summed E-state index contributed by atoms with van der Waals surface area (Å²) in [5.74, 6) is -2.25. The van der Waals surface area contributed by atoms with E-state index in [1.54, 1.807) is 22.0 Å². The zero-order chi connectivity index (χ0) is 27.4. The molecule has 3 heterocycles. The van der Waals surface area contributed by atoms with Crippen LogP contribution in [0.4, 0.5) is 0 Å². The first-order chi connectivity index (χ1) is 18.3. The quantitative estimate of drug-likeness (QED) is 0.283. The summed E-state index contributed by atoms with van der Waals surface area (Å²) in [4.78, 5) is 46.8. The van der Waals surface area contributed by atoms with Crippen molar-refractivity contribution < 1.29 is 24.2 Å². The smallest absolute Gasteiger partial charge is 0.248 e. The van der Waals surface area contributed by atoms with Crippen LogP contribution in [0.3, 0.4) is 0 Å². The summed E-state index contributed by atoms with van der Waals surface area (Å²) in [6.07, 6.45) is 4.99. The monoisotopic (exact) mass is 587 g/mol. The molecule has 2 bridgehead atoms. The second-order valence-electron chi connectivity index (χ2n) is 10.3. The number of fused-ring (bicyclic) bond motifs is 1. The van der Waals surface area contributed by atoms with E-state index in [0.29, 0.717) is 32.6 Å². The molecule has 3 amide bonds. The van der Waals surface area contributed by atoms with Crippen molar-refractivity contribution in [2.75, 3.05) is 32.8 Å². The highest BCUT2D eigenvalue weighted by Gasteiger charge is 2.76. The fraction of sp³-hybridized carbons (Fsp3) is 0.552. The molecule has 1 spiro atoms. The van der Waals surface area contributed by atoms with Gasteiger partial charge in [-0.3, -0.25) is 14.4 Å². The lowest BCUT2D eigenvalue weighted by Gasteiger charge is -2.37. The Kier molecular flexibility index (Phi) is 9.11. The molecule has 3 unspecified atom stereocenters. The number of aliphatic hydroxyl groups is 1. The number of hydrogen-bond acceptors (Lipinski definition) is 5. The summed E-state index contributed by atoms with van der Waals surface area (Å²) in [6.45, 7) is 11.0. The molecule has 1 aromatic carbocycles. The maximum Gasteiger partial charge on any atom is 0.248 e. The highest BCUT2D eigenvalue weighted by atomic mass is 79.9. The maximum atomic E-state index is 14.1. The molecule has 8 nitrogen and oxygen atoms in total. The highest BCUT2D eigenvalue weighted by molar-refractivity contribution is 9.09. The molecule has 0 aliphatic carbocycles. The Morgan fingerprint density at radius 2 is 1.87 bits per heavy atom. The van der Waals surface area contributed by atoms with Crippen LogP contribution in [-0.4, -0.2) is 92.9 Å². The van der Waals surface area contributed by atoms with Crippen LogP contribution in [-0.2, 0) is 25.7 Å². The third-order valence-corrected chi connectivity index (χ3v) is 8.81. The summed E-state index contributed by atoms with van der Waals surface area (Å²) in [7, 11) is 0. The van der Waals surface area contributed by atoms with Crippen molar-refractivity contribution in [1.29, 1.82) is 0 Å². The Morgan fingerprint density at radius 1 is 1.18 bits per heavy atom. The molecule has 206 valence electrons. The van der Waals surface area contributed by atoms with Gasteiger partial charge < -0.3 is 24.5 Å². The average molecular weight is 589 g/mol. The van der Waals surface area contributed by atoms with Gasteiger partial charge in [-0.1, -0.05) is 71.8 Å². The molecule has 9 heteroatoms. The molecule has 3 saturated heterocycles. The third-order valence-electron chi connectivity index (χ3n) is 7.97. The Labute approximate surface area is 233 Å². The van der Waals surface area contributed by atoms with Crippen LogP contribution in [0.5, 0.6) is 0 Å². The molecule has 4 rings (SSSR count). The van der Waals surface area contributed by atoms with Crippen molar-refractivity contribution in [3.63, 3.8) is 0 Å². The minimum atomic E-state index is -1.14. The Hall–Kier alpha value is -2.49. The topological polar surface area (TPSA) is 90.4 Å². The zero-order valence-electron chi connectivity index (χ0n) is 22.0. The minimum Gasteiger partial charge on any atom is -0.395 e. The summed E-state index contributed by atoms with van der Waals surface area (Å²) in [5, 5.41) is 9.84. The van der Waals surface area contributed by atoms with Crippen molar-refractivity contribution in [3.8, 4) is 0 Å². The standard InChI is InChI=1S/C29H38BrN3O5/c1-4-7-15-31(13-5-2)28(37)25-29-18-21(30)24(38-29)22(23(29)27(36)33(25)16-17-34)26(35)32(14-6-3)19-20-11-9-8-10-12-20/h5-6,8-12,21-25,34H,2-4,7,13-19H2,1H3/t21?,22-,23+,24-,25?,29?/m1/s1. The van der Waals surface area contributed by atoms with Crippen LogP contribution >= 0.6 is 15.9 Å². The Morgan fingerprint density at radius 3 is 2.50 bits per heavy atom. The predicted molar refractivity (Wildman–Crippen MR) is 148 cm³/mol. The predicted octanol–water partition coefficient (Wildman–Crippen LogP) is 2.76. The van der Waals surface area contributed by atoms with Gasteiger partial charge in [0.1, 0.15) is 11.6 Å². The molecule has 38 heavy (non-hydrogen) atoms. The SMILES string of the molecule is C=CCN(CCCC)C(=O)C1N(CCO)C(=O)[C@@H]2[C@@H](C(=O)N(CC=C)Cc3ccccc3)[C@@H]3OC12CC3Br. The van der Waals surface area contributed by atoms with Crippen molar-refractivity contribution >= 4 is 33.7 Å². The number of nitrogens with zero attached hydrogens (tertiary/aromatic N) is 3. The Balaban J connectivity index is 1.71. The van der Waals surface area contributed by atoms with E-state index >= 15 is 0 Å². The van der Waals surface area contributed by atoms with Gasteiger partial charge in [-0.25, -0.2) is 0 Å². The number of likely N-dealkylation sites (tertiary alicyclic amines) is 1. The molecule has 3 fully saturated rings. The van der Waals surface area contributed by atoms with Gasteiger partial charge in [-0.05, 0) is 18.4 Å². The lowest BCUT2D eigenvalue weighted by atomic mass is 9.70. The molecule has 1 N–H and O–H groups in total. The van der Waals surface area contributed by atoms with Gasteiger partial charge in [0.25, 0.3) is 0 Å². The van der Waals surface area contributed by atoms with Gasteiger partial charge in [0, 0.05) is 37.6 Å². The normalized spacial score (nSPS) is 29.3. The molecule has 0 radical (unpaired) electrons. The van der Waals surface area contributed by atoms with Crippen molar-refractivity contribution in [2.24, 2.45) is 11.8 Å². The summed E-state index contributed by atoms with van der Waals surface area (Å²) in [5.41, 5.74) is -0.165. The van der Waals surface area contributed by atoms with Crippen LogP contribution < -0.4 is 0 Å². The number of alkyl halides is 1. The van der Waals surface area contributed by atoms with Gasteiger partial charge >= 0.3 is 0 Å². The number of halogens is 1. The van der Waals surface area contributed by atoms with Crippen LogP contribution in [0.25, 0.3) is 0 Å². The lowest BCUT2D eigenvalue weighted by Crippen LogP contribution is -2.57. The number of aliphatic hydroxyl groups excluding tert-OH is 1. The lowest BCUT2D eigenvalue weighted by molar-refractivity contribution is -0.149. The fourth-order valence-electron chi connectivity index (χ4n) is 6.41. The second kappa shape index (κ2) is 12.1. The minimum absolute atomic E-state index is 0.00543. The third kappa shape index (κ3) is 4.96. The van der Waals surface area contributed by atoms with E-state index in [-0.39, 0.29) is 35.7 Å². The molecule has 0 aromatic heterocycles. The van der Waals surface area contributed by atoms with Crippen molar-refractivity contribution in [3.05, 3.63) is 61.2 Å². The van der Waals surface area contributed by atoms with E-state index in [2.05, 4.69) is 36.0 Å². The first-order valence-corrected chi connectivity index (χ1v) is 14.3. The van der Waals surface area contributed by atoms with Gasteiger partial charge in [0.2, 0.25) is 17.7 Å². The number of carbonyl (C=O) groups is 3. The summed E-state index contributed by atoms with van der Waals surface area (Å²) < 4.78 is 6.58. The number of benzene rings is 1. The number of ether oxygens (including phenoxy) is 1. The van der Waals surface area contributed by atoms with Crippen LogP contribution in [0.15, 0.2) is 55.6 Å². The van der Waals surface area contributed by atoms with E-state index in [9.17, 15) is 19.5 Å². The summed E-state index contributed by atoms with van der Waals surface area (Å²) in [6, 6.07) is 8.78. The fourth-order valence-corrected chi connectivity index (χ4v) is 7.35. The number of carbonyl (C=O) groups excluding carboxylic acids is 3. The average Bonchev–Trinajstić information content (AvgIpc) is 3.50. The van der Waals surface area contributed by atoms with Crippen molar-refractivity contribution in [1.82, 2.24) is 14.7 Å². The van der Waals surface area contributed by atoms with Crippen LogP contribution in [0.1, 0.15) is 31.7 Å². The molecule has 3 aliphatic heterocycles. The molecular weight excluding hydrogens is 550 g/mol. The number of rotatable bonds is 13. The molecular formula is C29H38BrN3O5. The largest absolute Gasteiger partial charge is 0.395 e. The molecule has 6 atom stereocenters. The van der Waals surface area contributed by atoms with Crippen LogP contribution in [0.2, 0.25) is 0 Å². The zero-order valence-corrected chi connectivity index (χ0v) is 23.6. The summed E-state index contributed by atoms with van der Waals surface area (Å²) >= 11 is 3.72. The van der Waals surface area contributed by atoms with Gasteiger partial charge in [0.15, 0.2) is 0 Å². The van der Waals surface area contributed by atoms with E-state index in [4.69, 9.17) is 4.74 Å². The number of amides is 3. The number of hydrogen-bond donors (Lipinski definition) is 1. The molecule has 0 saturated carbocycles. The number of unbranched alkanes of at least 4 members (excludes halogenated alkanes) is 1. The van der Waals surface area contributed by atoms with E-state index in [1.807, 2.05) is 30.3 Å². The maximum absolute atomic E-state index is 14.1. The highest BCUT2D eigenvalue weighted by Crippen LogP contribution is 2.60. The van der Waals surface area contributed by atoms with Gasteiger partial charge in [-0.15, -0.1) is 13.2 Å². The van der Waals surface area contributed by atoms with E-state index in [1.165, 1.54) is 4.90 Å². The van der Waals surface area contributed by atoms with Crippen molar-refractivity contribution in [2.45, 2.75) is 55.3 Å². The van der Waals surface area contributed by atoms with Gasteiger partial charge in [0.05, 0.1) is 24.5 Å².